The molecular formula is C18H22N2O4. The van der Waals surface area contributed by atoms with Crippen LogP contribution in [0.5, 0.6) is 11.5 Å². The number of hydrogen-bond acceptors (Lipinski definition) is 5. The molecule has 0 spiro atoms. The second-order valence-corrected chi connectivity index (χ2v) is 6.09. The lowest BCUT2D eigenvalue weighted by atomic mass is 10.0. The normalized spacial score (nSPS) is 17.6. The smallest absolute Gasteiger partial charge is 0.275 e. The topological polar surface area (TPSA) is 64.8 Å². The molecule has 1 aromatic carbocycles. The molecule has 1 atom stereocenters. The lowest BCUT2D eigenvalue weighted by molar-refractivity contribution is 0.0677. The molecular weight excluding hydrogens is 308 g/mol. The second-order valence-electron chi connectivity index (χ2n) is 6.09. The number of nitrogens with zero attached hydrogens (tertiary/aromatic N) is 2. The number of amides is 1. The van der Waals surface area contributed by atoms with Crippen LogP contribution in [0.2, 0.25) is 0 Å². The van der Waals surface area contributed by atoms with E-state index in [9.17, 15) is 4.79 Å². The Bertz CT molecular complexity index is 681. The maximum Gasteiger partial charge on any atom is 0.275 e. The van der Waals surface area contributed by atoms with E-state index in [1.54, 1.807) is 7.11 Å². The highest BCUT2D eigenvalue weighted by atomic mass is 16.5. The number of piperidine rings is 1. The molecule has 0 N–H and O–H groups in total. The summed E-state index contributed by atoms with van der Waals surface area (Å²) in [6.07, 6.45) is 3.62. The van der Waals surface area contributed by atoms with E-state index in [-0.39, 0.29) is 12.5 Å². The summed E-state index contributed by atoms with van der Waals surface area (Å²) in [7, 11) is 1.62. The lowest BCUT2D eigenvalue weighted by Gasteiger charge is -2.30. The predicted octanol–water partition coefficient (Wildman–Crippen LogP) is 3.13. The summed E-state index contributed by atoms with van der Waals surface area (Å²) in [5.41, 5.74) is 0.345. The van der Waals surface area contributed by atoms with Gasteiger partial charge in [0.2, 0.25) is 5.89 Å². The summed E-state index contributed by atoms with van der Waals surface area (Å²) < 4.78 is 16.1. The molecule has 6 nitrogen and oxygen atoms in total. The maximum atomic E-state index is 12.5. The van der Waals surface area contributed by atoms with Crippen LogP contribution in [0, 0.1) is 5.92 Å². The van der Waals surface area contributed by atoms with Crippen molar-refractivity contribution < 1.29 is 18.7 Å². The van der Waals surface area contributed by atoms with Gasteiger partial charge in [0.15, 0.2) is 12.3 Å². The van der Waals surface area contributed by atoms with Crippen LogP contribution in [-0.4, -0.2) is 36.0 Å². The van der Waals surface area contributed by atoms with Gasteiger partial charge in [-0.25, -0.2) is 4.98 Å². The van der Waals surface area contributed by atoms with Crippen LogP contribution in [0.3, 0.4) is 0 Å². The average Bonchev–Trinajstić information content (AvgIpc) is 3.09. The summed E-state index contributed by atoms with van der Waals surface area (Å²) in [5.74, 6) is 2.31. The first kappa shape index (κ1) is 16.4. The van der Waals surface area contributed by atoms with Crippen molar-refractivity contribution in [2.45, 2.75) is 26.4 Å². The minimum atomic E-state index is -0.0685. The molecule has 1 unspecified atom stereocenters. The standard InChI is InChI=1S/C18H22N2O4/c1-13-4-3-9-20(10-13)18(21)16-11-24-17(19-16)12-23-15-7-5-14(22-2)6-8-15/h5-8,11,13H,3-4,9-10,12H2,1-2H3. The molecule has 6 heteroatoms. The Hall–Kier alpha value is -2.50. The van der Waals surface area contributed by atoms with Crippen LogP contribution in [0.25, 0.3) is 0 Å². The Morgan fingerprint density at radius 3 is 2.79 bits per heavy atom. The summed E-state index contributed by atoms with van der Waals surface area (Å²) >= 11 is 0. The van der Waals surface area contributed by atoms with E-state index in [2.05, 4.69) is 11.9 Å². The van der Waals surface area contributed by atoms with Gasteiger partial charge >= 0.3 is 0 Å². The molecule has 0 saturated carbocycles. The van der Waals surface area contributed by atoms with Crippen molar-refractivity contribution in [1.82, 2.24) is 9.88 Å². The highest BCUT2D eigenvalue weighted by molar-refractivity contribution is 5.92. The minimum Gasteiger partial charge on any atom is -0.497 e. The predicted molar refractivity (Wildman–Crippen MR) is 88.1 cm³/mol. The highest BCUT2D eigenvalue weighted by Gasteiger charge is 2.24. The zero-order valence-corrected chi connectivity index (χ0v) is 14.0. The average molecular weight is 330 g/mol. The molecule has 1 saturated heterocycles. The Balaban J connectivity index is 1.57. The van der Waals surface area contributed by atoms with Gasteiger partial charge in [-0.15, -0.1) is 0 Å². The number of rotatable bonds is 5. The van der Waals surface area contributed by atoms with Gasteiger partial charge in [0, 0.05) is 13.1 Å². The van der Waals surface area contributed by atoms with E-state index in [0.29, 0.717) is 23.3 Å². The quantitative estimate of drug-likeness (QED) is 0.843. The van der Waals surface area contributed by atoms with Crippen LogP contribution in [-0.2, 0) is 6.61 Å². The second kappa shape index (κ2) is 7.38. The van der Waals surface area contributed by atoms with Gasteiger partial charge in [0.1, 0.15) is 17.8 Å². The Kier molecular flexibility index (Phi) is 5.03. The van der Waals surface area contributed by atoms with Gasteiger partial charge in [-0.05, 0) is 43.0 Å². The number of carbonyl (C=O) groups excluding carboxylic acids is 1. The number of aromatic nitrogens is 1. The molecule has 128 valence electrons. The molecule has 1 amide bonds. The Morgan fingerprint density at radius 1 is 1.33 bits per heavy atom. The van der Waals surface area contributed by atoms with Gasteiger partial charge in [-0.2, -0.15) is 0 Å². The monoisotopic (exact) mass is 330 g/mol. The molecule has 0 aliphatic carbocycles. The van der Waals surface area contributed by atoms with Gasteiger partial charge in [-0.3, -0.25) is 4.79 Å². The molecule has 1 aromatic heterocycles. The first-order chi connectivity index (χ1) is 11.7. The highest BCUT2D eigenvalue weighted by Crippen LogP contribution is 2.20. The van der Waals surface area contributed by atoms with Gasteiger partial charge < -0.3 is 18.8 Å². The van der Waals surface area contributed by atoms with Crippen LogP contribution in [0.4, 0.5) is 0 Å². The van der Waals surface area contributed by atoms with Crippen LogP contribution < -0.4 is 9.47 Å². The van der Waals surface area contributed by atoms with E-state index < -0.39 is 0 Å². The van der Waals surface area contributed by atoms with E-state index in [0.717, 1.165) is 25.3 Å². The number of oxazole rings is 1. The van der Waals surface area contributed by atoms with Crippen molar-refractivity contribution in [2.75, 3.05) is 20.2 Å². The van der Waals surface area contributed by atoms with Crippen molar-refractivity contribution >= 4 is 5.91 Å². The van der Waals surface area contributed by atoms with E-state index in [4.69, 9.17) is 13.9 Å². The third-order valence-corrected chi connectivity index (χ3v) is 4.14. The minimum absolute atomic E-state index is 0.0685. The fraction of sp³-hybridized carbons (Fsp3) is 0.444. The molecule has 0 radical (unpaired) electrons. The molecule has 2 heterocycles. The van der Waals surface area contributed by atoms with Crippen LogP contribution in [0.15, 0.2) is 34.9 Å². The largest absolute Gasteiger partial charge is 0.497 e. The number of hydrogen-bond donors (Lipinski definition) is 0. The molecule has 1 aliphatic heterocycles. The van der Waals surface area contributed by atoms with Crippen molar-refractivity contribution in [3.8, 4) is 11.5 Å². The fourth-order valence-corrected chi connectivity index (χ4v) is 2.83. The van der Waals surface area contributed by atoms with Gasteiger partial charge in [0.25, 0.3) is 5.91 Å². The number of ether oxygens (including phenoxy) is 2. The van der Waals surface area contributed by atoms with Crippen LogP contribution in [0.1, 0.15) is 36.1 Å². The molecule has 1 aliphatic rings. The van der Waals surface area contributed by atoms with Crippen molar-refractivity contribution in [3.05, 3.63) is 42.1 Å². The third kappa shape index (κ3) is 3.88. The molecule has 0 bridgehead atoms. The van der Waals surface area contributed by atoms with Crippen molar-refractivity contribution in [3.63, 3.8) is 0 Å². The molecule has 2 aromatic rings. The zero-order chi connectivity index (χ0) is 16.9. The van der Waals surface area contributed by atoms with Gasteiger partial charge in [0.05, 0.1) is 7.11 Å². The summed E-state index contributed by atoms with van der Waals surface area (Å²) in [4.78, 5) is 18.6. The summed E-state index contributed by atoms with van der Waals surface area (Å²) in [6.45, 7) is 3.91. The first-order valence-corrected chi connectivity index (χ1v) is 8.16. The van der Waals surface area contributed by atoms with E-state index in [1.807, 2.05) is 29.2 Å². The van der Waals surface area contributed by atoms with Crippen molar-refractivity contribution in [1.29, 1.82) is 0 Å². The zero-order valence-electron chi connectivity index (χ0n) is 14.0. The molecule has 3 rings (SSSR count). The fourth-order valence-electron chi connectivity index (χ4n) is 2.83. The maximum absolute atomic E-state index is 12.5. The Morgan fingerprint density at radius 2 is 2.08 bits per heavy atom. The number of likely N-dealkylation sites (tertiary alicyclic amines) is 1. The van der Waals surface area contributed by atoms with E-state index >= 15 is 0 Å². The molecule has 24 heavy (non-hydrogen) atoms. The SMILES string of the molecule is COc1ccc(OCc2nc(C(=O)N3CCCC(C)C3)co2)cc1. The van der Waals surface area contributed by atoms with Crippen LogP contribution >= 0.6 is 0 Å². The Labute approximate surface area is 141 Å². The molecule has 1 fully saturated rings. The van der Waals surface area contributed by atoms with E-state index in [1.165, 1.54) is 12.7 Å². The summed E-state index contributed by atoms with van der Waals surface area (Å²) in [6, 6.07) is 7.25. The van der Waals surface area contributed by atoms with Gasteiger partial charge in [-0.1, -0.05) is 6.92 Å². The lowest BCUT2D eigenvalue weighted by Crippen LogP contribution is -2.39. The number of methoxy groups -OCH3 is 1. The first-order valence-electron chi connectivity index (χ1n) is 8.16. The number of benzene rings is 1. The van der Waals surface area contributed by atoms with Crippen molar-refractivity contribution in [2.24, 2.45) is 5.92 Å². The number of carbonyl (C=O) groups is 1. The third-order valence-electron chi connectivity index (χ3n) is 4.14. The summed E-state index contributed by atoms with van der Waals surface area (Å²) in [5, 5.41) is 0.